The monoisotopic (exact) mass is 218 g/mol. The smallest absolute Gasteiger partial charge is 0.365 e. The summed E-state index contributed by atoms with van der Waals surface area (Å²) in [4.78, 5) is 14.7. The number of nitrogens with zero attached hydrogens (tertiary/aromatic N) is 1. The van der Waals surface area contributed by atoms with Gasteiger partial charge in [0.25, 0.3) is 0 Å². The molecule has 0 unspecified atom stereocenters. The number of hydrogen-bond donors (Lipinski definition) is 1. The van der Waals surface area contributed by atoms with Crippen LogP contribution in [-0.2, 0) is 17.8 Å². The quantitative estimate of drug-likeness (QED) is 0.703. The third-order valence-corrected chi connectivity index (χ3v) is 2.45. The maximum atomic E-state index is 12.1. The molecule has 0 radical (unpaired) electrons. The average molecular weight is 218 g/mol. The molecule has 3 nitrogen and oxygen atoms in total. The Morgan fingerprint density at radius 1 is 1.47 bits per heavy atom. The lowest BCUT2D eigenvalue weighted by atomic mass is 10.1. The highest BCUT2D eigenvalue weighted by Crippen LogP contribution is 2.23. The summed E-state index contributed by atoms with van der Waals surface area (Å²) in [6.07, 6.45) is -2.65. The standard InChI is InChI=1S/C9H9F3N2O/c10-9(11,12)8(15)14-4-2-7-6(5-14)1-3-13-7/h1,3,13H,2,4-5H2. The third-order valence-electron chi connectivity index (χ3n) is 2.45. The van der Waals surface area contributed by atoms with Crippen molar-refractivity contribution < 1.29 is 18.0 Å². The summed E-state index contributed by atoms with van der Waals surface area (Å²) in [5, 5.41) is 0. The van der Waals surface area contributed by atoms with E-state index in [9.17, 15) is 18.0 Å². The molecule has 2 rings (SSSR count). The number of carbonyl (C=O) groups excluding carboxylic acids is 1. The normalized spacial score (nSPS) is 16.3. The van der Waals surface area contributed by atoms with Crippen molar-refractivity contribution in [1.82, 2.24) is 9.88 Å². The summed E-state index contributed by atoms with van der Waals surface area (Å²) in [6.45, 7) is 0.156. The number of H-pyrrole nitrogens is 1. The second-order valence-corrected chi connectivity index (χ2v) is 3.46. The van der Waals surface area contributed by atoms with Crippen molar-refractivity contribution in [3.63, 3.8) is 0 Å². The number of hydrogen-bond acceptors (Lipinski definition) is 1. The van der Waals surface area contributed by atoms with E-state index in [4.69, 9.17) is 0 Å². The molecule has 82 valence electrons. The zero-order valence-corrected chi connectivity index (χ0v) is 7.77. The van der Waals surface area contributed by atoms with E-state index < -0.39 is 12.1 Å². The van der Waals surface area contributed by atoms with Crippen LogP contribution >= 0.6 is 0 Å². The Kier molecular flexibility index (Phi) is 2.21. The lowest BCUT2D eigenvalue weighted by Crippen LogP contribution is -2.43. The van der Waals surface area contributed by atoms with Gasteiger partial charge in [0.2, 0.25) is 0 Å². The molecule has 0 aliphatic carbocycles. The highest BCUT2D eigenvalue weighted by atomic mass is 19.4. The van der Waals surface area contributed by atoms with E-state index in [2.05, 4.69) is 4.98 Å². The minimum Gasteiger partial charge on any atom is -0.365 e. The Hall–Kier alpha value is -1.46. The fraction of sp³-hybridized carbons (Fsp3) is 0.444. The fourth-order valence-electron chi connectivity index (χ4n) is 1.70. The molecule has 0 saturated carbocycles. The molecule has 0 spiro atoms. The SMILES string of the molecule is O=C(N1CCc2[nH]ccc2C1)C(F)(F)F. The van der Waals surface area contributed by atoms with Gasteiger partial charge in [-0.05, 0) is 11.6 Å². The van der Waals surface area contributed by atoms with E-state index >= 15 is 0 Å². The van der Waals surface area contributed by atoms with Gasteiger partial charge in [0.1, 0.15) is 0 Å². The molecule has 1 N–H and O–H groups in total. The van der Waals surface area contributed by atoms with Crippen LogP contribution in [0.15, 0.2) is 12.3 Å². The van der Waals surface area contributed by atoms with Crippen LogP contribution in [0.5, 0.6) is 0 Å². The Balaban J connectivity index is 2.14. The Morgan fingerprint density at radius 2 is 2.20 bits per heavy atom. The molecule has 1 aromatic heterocycles. The Bertz CT molecular complexity index is 383. The van der Waals surface area contributed by atoms with Crippen molar-refractivity contribution in [3.05, 3.63) is 23.5 Å². The van der Waals surface area contributed by atoms with Crippen molar-refractivity contribution in [2.24, 2.45) is 0 Å². The maximum Gasteiger partial charge on any atom is 0.471 e. The van der Waals surface area contributed by atoms with Crippen LogP contribution in [0.4, 0.5) is 13.2 Å². The first kappa shape index (κ1) is 10.1. The van der Waals surface area contributed by atoms with Crippen LogP contribution in [0.2, 0.25) is 0 Å². The molecule has 1 aliphatic rings. The van der Waals surface area contributed by atoms with E-state index in [1.54, 1.807) is 12.3 Å². The zero-order valence-electron chi connectivity index (χ0n) is 7.77. The van der Waals surface area contributed by atoms with Crippen LogP contribution in [0.1, 0.15) is 11.3 Å². The molecule has 0 fully saturated rings. The van der Waals surface area contributed by atoms with Gasteiger partial charge in [-0.25, -0.2) is 0 Å². The summed E-state index contributed by atoms with van der Waals surface area (Å²) in [5.74, 6) is -1.76. The Morgan fingerprint density at radius 3 is 2.87 bits per heavy atom. The third kappa shape index (κ3) is 1.84. The minimum absolute atomic E-state index is 0.0389. The van der Waals surface area contributed by atoms with Crippen molar-refractivity contribution in [3.8, 4) is 0 Å². The number of nitrogens with one attached hydrogen (secondary N) is 1. The van der Waals surface area contributed by atoms with E-state index in [0.717, 1.165) is 16.2 Å². The largest absolute Gasteiger partial charge is 0.471 e. The minimum atomic E-state index is -4.77. The zero-order chi connectivity index (χ0) is 11.1. The molecule has 15 heavy (non-hydrogen) atoms. The lowest BCUT2D eigenvalue weighted by Gasteiger charge is -2.27. The molecule has 0 aromatic carbocycles. The van der Waals surface area contributed by atoms with Gasteiger partial charge in [0, 0.05) is 31.4 Å². The molecule has 2 heterocycles. The molecule has 0 atom stereocenters. The van der Waals surface area contributed by atoms with Crippen LogP contribution < -0.4 is 0 Å². The van der Waals surface area contributed by atoms with Gasteiger partial charge in [-0.1, -0.05) is 0 Å². The number of aromatic amines is 1. The molecule has 1 amide bonds. The second-order valence-electron chi connectivity index (χ2n) is 3.46. The first-order valence-electron chi connectivity index (χ1n) is 4.49. The van der Waals surface area contributed by atoms with Gasteiger partial charge >= 0.3 is 12.1 Å². The molecule has 0 saturated heterocycles. The van der Waals surface area contributed by atoms with E-state index in [1.807, 2.05) is 0 Å². The number of halogens is 3. The van der Waals surface area contributed by atoms with E-state index in [-0.39, 0.29) is 13.1 Å². The second kappa shape index (κ2) is 3.29. The predicted octanol–water partition coefficient (Wildman–Crippen LogP) is 1.46. The van der Waals surface area contributed by atoms with Gasteiger partial charge in [-0.15, -0.1) is 0 Å². The van der Waals surface area contributed by atoms with Crippen LogP contribution in [0.25, 0.3) is 0 Å². The topological polar surface area (TPSA) is 36.1 Å². The summed E-state index contributed by atoms with van der Waals surface area (Å²) in [7, 11) is 0. The van der Waals surface area contributed by atoms with Crippen molar-refractivity contribution >= 4 is 5.91 Å². The summed E-state index contributed by atoms with van der Waals surface area (Å²) in [5.41, 5.74) is 1.68. The van der Waals surface area contributed by atoms with Gasteiger partial charge in [0.15, 0.2) is 0 Å². The average Bonchev–Trinajstić information content (AvgIpc) is 2.61. The number of aromatic nitrogens is 1. The van der Waals surface area contributed by atoms with Crippen molar-refractivity contribution in [1.29, 1.82) is 0 Å². The summed E-state index contributed by atoms with van der Waals surface area (Å²) < 4.78 is 36.4. The maximum absolute atomic E-state index is 12.1. The molecule has 1 aromatic rings. The molecule has 0 bridgehead atoms. The molecular weight excluding hydrogens is 209 g/mol. The Labute approximate surface area is 83.9 Å². The molecule has 1 aliphatic heterocycles. The number of amides is 1. The van der Waals surface area contributed by atoms with Gasteiger partial charge in [0.05, 0.1) is 0 Å². The fourth-order valence-corrected chi connectivity index (χ4v) is 1.70. The number of fused-ring (bicyclic) bond motifs is 1. The van der Waals surface area contributed by atoms with Gasteiger partial charge in [-0.3, -0.25) is 4.79 Å². The number of rotatable bonds is 0. The van der Waals surface area contributed by atoms with Crippen LogP contribution in [-0.4, -0.2) is 28.5 Å². The van der Waals surface area contributed by atoms with Crippen LogP contribution in [0.3, 0.4) is 0 Å². The molecular formula is C9H9F3N2O. The van der Waals surface area contributed by atoms with Gasteiger partial charge < -0.3 is 9.88 Å². The van der Waals surface area contributed by atoms with Crippen molar-refractivity contribution in [2.45, 2.75) is 19.1 Å². The molecule has 6 heteroatoms. The predicted molar refractivity (Wildman–Crippen MR) is 46.0 cm³/mol. The van der Waals surface area contributed by atoms with Gasteiger partial charge in [-0.2, -0.15) is 13.2 Å². The highest BCUT2D eigenvalue weighted by Gasteiger charge is 2.43. The van der Waals surface area contributed by atoms with E-state index in [1.165, 1.54) is 0 Å². The summed E-state index contributed by atoms with van der Waals surface area (Å²) >= 11 is 0. The first-order chi connectivity index (χ1) is 6.98. The van der Waals surface area contributed by atoms with Crippen molar-refractivity contribution in [2.75, 3.05) is 6.54 Å². The summed E-state index contributed by atoms with van der Waals surface area (Å²) in [6, 6.07) is 1.70. The van der Waals surface area contributed by atoms with E-state index in [0.29, 0.717) is 6.42 Å². The van der Waals surface area contributed by atoms with Crippen LogP contribution in [0, 0.1) is 0 Å². The first-order valence-corrected chi connectivity index (χ1v) is 4.49. The number of carbonyl (C=O) groups is 1. The highest BCUT2D eigenvalue weighted by molar-refractivity contribution is 5.82. The number of alkyl halides is 3. The lowest BCUT2D eigenvalue weighted by molar-refractivity contribution is -0.186.